The van der Waals surface area contributed by atoms with E-state index in [-0.39, 0.29) is 11.7 Å². The third kappa shape index (κ3) is 3.41. The molecule has 1 atom stereocenters. The predicted octanol–water partition coefficient (Wildman–Crippen LogP) is 3.59. The Morgan fingerprint density at radius 3 is 2.48 bits per heavy atom. The fraction of sp³-hybridized carbons (Fsp3) is 0.591. The van der Waals surface area contributed by atoms with Crippen molar-refractivity contribution >= 4 is 23.0 Å². The first-order valence-electron chi connectivity index (χ1n) is 10.9. The number of carbonyl (C=O) groups is 2. The third-order valence-corrected chi connectivity index (χ3v) is 7.13. The van der Waals surface area contributed by atoms with Gasteiger partial charge in [-0.2, -0.15) is 5.10 Å². The van der Waals surface area contributed by atoms with Gasteiger partial charge < -0.3 is 15.4 Å². The number of nitrogens with zero attached hydrogens (tertiary/aromatic N) is 3. The maximum atomic E-state index is 12.5. The molecule has 7 nitrogen and oxygen atoms in total. The molecule has 4 fully saturated rings. The molecule has 4 aliphatic rings. The summed E-state index contributed by atoms with van der Waals surface area (Å²) in [7, 11) is 0. The lowest BCUT2D eigenvalue weighted by Crippen LogP contribution is -2.48. The summed E-state index contributed by atoms with van der Waals surface area (Å²) in [5.74, 6) is 0.374. The van der Waals surface area contributed by atoms with Gasteiger partial charge in [-0.1, -0.05) is 31.4 Å². The SMILES string of the molecule is NC(=O)OC(=O)c1nn([C@H]2CN3CCC2CC3)c2cc(C3CCCCC3)ccc12. The maximum Gasteiger partial charge on any atom is 0.412 e. The van der Waals surface area contributed by atoms with Gasteiger partial charge in [-0.3, -0.25) is 4.68 Å². The van der Waals surface area contributed by atoms with Crippen molar-refractivity contribution in [2.24, 2.45) is 11.7 Å². The fourth-order valence-corrected chi connectivity index (χ4v) is 5.60. The first-order valence-corrected chi connectivity index (χ1v) is 10.9. The smallest absolute Gasteiger partial charge is 0.371 e. The van der Waals surface area contributed by atoms with Crippen LogP contribution in [0.1, 0.15) is 73.0 Å². The summed E-state index contributed by atoms with van der Waals surface area (Å²) < 4.78 is 6.70. The van der Waals surface area contributed by atoms with Crippen LogP contribution in [-0.4, -0.2) is 46.4 Å². The minimum atomic E-state index is -1.10. The van der Waals surface area contributed by atoms with E-state index in [4.69, 9.17) is 5.73 Å². The summed E-state index contributed by atoms with van der Waals surface area (Å²) in [4.78, 5) is 26.1. The zero-order valence-electron chi connectivity index (χ0n) is 16.7. The summed E-state index contributed by atoms with van der Waals surface area (Å²) in [5.41, 5.74) is 7.56. The summed E-state index contributed by atoms with van der Waals surface area (Å²) in [6, 6.07) is 6.55. The number of hydrogen-bond donors (Lipinski definition) is 1. The van der Waals surface area contributed by atoms with E-state index in [1.807, 2.05) is 10.7 Å². The third-order valence-electron chi connectivity index (χ3n) is 7.13. The highest BCUT2D eigenvalue weighted by molar-refractivity contribution is 6.05. The lowest BCUT2D eigenvalue weighted by atomic mass is 9.83. The summed E-state index contributed by atoms with van der Waals surface area (Å²) in [6.45, 7) is 3.24. The second-order valence-electron chi connectivity index (χ2n) is 8.82. The lowest BCUT2D eigenvalue weighted by molar-refractivity contribution is 0.0518. The topological polar surface area (TPSA) is 90.5 Å². The van der Waals surface area contributed by atoms with Crippen LogP contribution in [0, 0.1) is 5.92 Å². The number of esters is 1. The van der Waals surface area contributed by atoms with Crippen LogP contribution in [0.4, 0.5) is 4.79 Å². The van der Waals surface area contributed by atoms with Gasteiger partial charge >= 0.3 is 12.1 Å². The molecule has 3 saturated heterocycles. The first-order chi connectivity index (χ1) is 14.1. The Balaban J connectivity index is 1.59. The van der Waals surface area contributed by atoms with E-state index in [0.29, 0.717) is 11.8 Å². The number of primary amides is 1. The molecule has 1 amide bonds. The molecule has 29 heavy (non-hydrogen) atoms. The molecule has 1 aromatic carbocycles. The lowest BCUT2D eigenvalue weighted by Gasteiger charge is -2.44. The zero-order chi connectivity index (χ0) is 20.0. The van der Waals surface area contributed by atoms with Gasteiger partial charge in [0.05, 0.1) is 11.6 Å². The minimum absolute atomic E-state index is 0.186. The van der Waals surface area contributed by atoms with Crippen LogP contribution in [-0.2, 0) is 4.74 Å². The van der Waals surface area contributed by atoms with E-state index >= 15 is 0 Å². The number of aromatic nitrogens is 2. The standard InChI is InChI=1S/C22H28N4O3/c23-22(28)29-21(27)20-17-7-6-16(14-4-2-1-3-5-14)12-18(17)26(24-20)19-13-25-10-8-15(19)9-11-25/h6-7,12,14-15,19H,1-5,8-11,13H2,(H2,23,28)/t19-/m0/s1. The molecule has 2 aromatic rings. The Bertz CT molecular complexity index is 939. The number of amides is 1. The molecule has 4 heterocycles. The van der Waals surface area contributed by atoms with Crippen LogP contribution in [0.5, 0.6) is 0 Å². The molecule has 6 rings (SSSR count). The number of nitrogens with two attached hydrogens (primary N) is 1. The molecule has 0 radical (unpaired) electrons. The number of piperidine rings is 3. The summed E-state index contributed by atoms with van der Waals surface area (Å²) >= 11 is 0. The molecule has 2 N–H and O–H groups in total. The highest BCUT2D eigenvalue weighted by Crippen LogP contribution is 2.39. The second-order valence-corrected chi connectivity index (χ2v) is 8.82. The van der Waals surface area contributed by atoms with E-state index < -0.39 is 12.1 Å². The molecule has 1 aliphatic carbocycles. The van der Waals surface area contributed by atoms with Crippen molar-refractivity contribution in [2.45, 2.75) is 56.9 Å². The van der Waals surface area contributed by atoms with Crippen LogP contribution in [0.25, 0.3) is 10.9 Å². The molecule has 1 aromatic heterocycles. The van der Waals surface area contributed by atoms with E-state index in [2.05, 4.69) is 26.9 Å². The van der Waals surface area contributed by atoms with Gasteiger partial charge in [0, 0.05) is 11.9 Å². The molecule has 154 valence electrons. The average molecular weight is 396 g/mol. The number of hydrogen-bond acceptors (Lipinski definition) is 5. The van der Waals surface area contributed by atoms with E-state index in [1.54, 1.807) is 0 Å². The Labute approximate surface area is 170 Å². The summed E-state index contributed by atoms with van der Waals surface area (Å²) in [5, 5.41) is 5.42. The largest absolute Gasteiger partial charge is 0.412 e. The Hall–Kier alpha value is -2.41. The van der Waals surface area contributed by atoms with Crippen LogP contribution in [0.2, 0.25) is 0 Å². The Kier molecular flexibility index (Phi) is 4.78. The quantitative estimate of drug-likeness (QED) is 0.632. The van der Waals surface area contributed by atoms with Crippen LogP contribution < -0.4 is 5.73 Å². The molecule has 2 bridgehead atoms. The van der Waals surface area contributed by atoms with Crippen molar-refractivity contribution in [3.05, 3.63) is 29.5 Å². The molecular formula is C22H28N4O3. The minimum Gasteiger partial charge on any atom is -0.371 e. The van der Waals surface area contributed by atoms with Gasteiger partial charge in [0.15, 0.2) is 5.69 Å². The van der Waals surface area contributed by atoms with Gasteiger partial charge in [-0.15, -0.1) is 0 Å². The van der Waals surface area contributed by atoms with Gasteiger partial charge in [-0.25, -0.2) is 9.59 Å². The highest BCUT2D eigenvalue weighted by Gasteiger charge is 2.37. The normalized spacial score (nSPS) is 27.2. The highest BCUT2D eigenvalue weighted by atomic mass is 16.6. The van der Waals surface area contributed by atoms with Crippen molar-refractivity contribution < 1.29 is 14.3 Å². The monoisotopic (exact) mass is 396 g/mol. The van der Waals surface area contributed by atoms with Crippen LogP contribution >= 0.6 is 0 Å². The van der Waals surface area contributed by atoms with Crippen LogP contribution in [0.3, 0.4) is 0 Å². The molecule has 0 unspecified atom stereocenters. The number of fused-ring (bicyclic) bond motifs is 4. The van der Waals surface area contributed by atoms with Gasteiger partial charge in [-0.05, 0) is 62.2 Å². The predicted molar refractivity (Wildman–Crippen MR) is 109 cm³/mol. The van der Waals surface area contributed by atoms with Gasteiger partial charge in [0.2, 0.25) is 0 Å². The van der Waals surface area contributed by atoms with E-state index in [1.165, 1.54) is 37.7 Å². The van der Waals surface area contributed by atoms with Crippen molar-refractivity contribution in [1.82, 2.24) is 14.7 Å². The first kappa shape index (κ1) is 18.6. The molecule has 3 aliphatic heterocycles. The number of carbonyl (C=O) groups excluding carboxylic acids is 2. The van der Waals surface area contributed by atoms with E-state index in [0.717, 1.165) is 43.4 Å². The number of ether oxygens (including phenoxy) is 1. The van der Waals surface area contributed by atoms with Crippen molar-refractivity contribution in [3.8, 4) is 0 Å². The number of benzene rings is 1. The molecular weight excluding hydrogens is 368 g/mol. The number of rotatable bonds is 3. The van der Waals surface area contributed by atoms with E-state index in [9.17, 15) is 9.59 Å². The van der Waals surface area contributed by atoms with Crippen molar-refractivity contribution in [2.75, 3.05) is 19.6 Å². The zero-order valence-corrected chi connectivity index (χ0v) is 16.7. The average Bonchev–Trinajstić information content (AvgIpc) is 3.13. The van der Waals surface area contributed by atoms with Gasteiger partial charge in [0.1, 0.15) is 0 Å². The summed E-state index contributed by atoms with van der Waals surface area (Å²) in [6.07, 6.45) is 7.53. The maximum absolute atomic E-state index is 12.5. The van der Waals surface area contributed by atoms with Crippen molar-refractivity contribution in [1.29, 1.82) is 0 Å². The molecule has 7 heteroatoms. The molecule has 0 spiro atoms. The molecule has 1 saturated carbocycles. The van der Waals surface area contributed by atoms with Gasteiger partial charge in [0.25, 0.3) is 0 Å². The van der Waals surface area contributed by atoms with Crippen LogP contribution in [0.15, 0.2) is 18.2 Å². The second kappa shape index (κ2) is 7.44. The fourth-order valence-electron chi connectivity index (χ4n) is 5.60. The Morgan fingerprint density at radius 2 is 1.83 bits per heavy atom. The van der Waals surface area contributed by atoms with Crippen molar-refractivity contribution in [3.63, 3.8) is 0 Å². The Morgan fingerprint density at radius 1 is 1.07 bits per heavy atom.